The smallest absolute Gasteiger partial charge is 0.193 e. The van der Waals surface area contributed by atoms with Crippen LogP contribution in [0.3, 0.4) is 0 Å². The fourth-order valence-corrected chi connectivity index (χ4v) is 4.71. The third-order valence-electron chi connectivity index (χ3n) is 5.32. The molecular weight excluding hydrogens is 356 g/mol. The lowest BCUT2D eigenvalue weighted by atomic mass is 9.93. The first-order valence-electron chi connectivity index (χ1n) is 10.1. The van der Waals surface area contributed by atoms with E-state index in [0.717, 1.165) is 45.0 Å². The highest BCUT2D eigenvalue weighted by Gasteiger charge is 2.28. The van der Waals surface area contributed by atoms with Crippen molar-refractivity contribution in [2.75, 3.05) is 26.2 Å². The molecule has 1 fully saturated rings. The van der Waals surface area contributed by atoms with E-state index in [4.69, 9.17) is 9.98 Å². The molecule has 1 aliphatic heterocycles. The highest BCUT2D eigenvalue weighted by atomic mass is 32.1. The second kappa shape index (κ2) is 9.35. The first-order valence-corrected chi connectivity index (χ1v) is 10.9. The summed E-state index contributed by atoms with van der Waals surface area (Å²) in [7, 11) is 0. The molecular formula is C20H32N6S. The van der Waals surface area contributed by atoms with Crippen LogP contribution in [0.2, 0.25) is 0 Å². The number of nitrogens with zero attached hydrogens (tertiary/aromatic N) is 5. The zero-order chi connectivity index (χ0) is 19.2. The van der Waals surface area contributed by atoms with Gasteiger partial charge in [0.05, 0.1) is 23.1 Å². The van der Waals surface area contributed by atoms with Gasteiger partial charge in [0.25, 0.3) is 0 Å². The molecule has 0 amide bonds. The van der Waals surface area contributed by atoms with Gasteiger partial charge in [-0.15, -0.1) is 11.3 Å². The minimum atomic E-state index is 0.443. The third kappa shape index (κ3) is 4.89. The Balaban J connectivity index is 1.65. The molecule has 148 valence electrons. The van der Waals surface area contributed by atoms with Crippen molar-refractivity contribution in [2.45, 2.75) is 53.0 Å². The molecule has 0 bridgehead atoms. The van der Waals surface area contributed by atoms with Gasteiger partial charge in [0.2, 0.25) is 0 Å². The highest BCUT2D eigenvalue weighted by Crippen LogP contribution is 2.27. The van der Waals surface area contributed by atoms with Crippen molar-refractivity contribution in [1.82, 2.24) is 24.8 Å². The van der Waals surface area contributed by atoms with E-state index in [2.05, 4.69) is 53.7 Å². The van der Waals surface area contributed by atoms with E-state index >= 15 is 0 Å². The Bertz CT molecular complexity index is 736. The SMILES string of the molecule is CCNC(=NCCc1nc(CC)c(C)s1)N1CCC(C)C(n2ccnc2)C1. The highest BCUT2D eigenvalue weighted by molar-refractivity contribution is 7.11. The summed E-state index contributed by atoms with van der Waals surface area (Å²) in [4.78, 5) is 17.6. The first-order chi connectivity index (χ1) is 13.1. The minimum Gasteiger partial charge on any atom is -0.357 e. The van der Waals surface area contributed by atoms with E-state index < -0.39 is 0 Å². The quantitative estimate of drug-likeness (QED) is 0.609. The van der Waals surface area contributed by atoms with Crippen molar-refractivity contribution < 1.29 is 0 Å². The lowest BCUT2D eigenvalue weighted by Crippen LogP contribution is -2.49. The number of aryl methyl sites for hydroxylation is 2. The normalized spacial score (nSPS) is 20.9. The van der Waals surface area contributed by atoms with Gasteiger partial charge in [-0.25, -0.2) is 9.97 Å². The average Bonchev–Trinajstić information content (AvgIpc) is 3.31. The van der Waals surface area contributed by atoms with Crippen LogP contribution >= 0.6 is 11.3 Å². The Morgan fingerprint density at radius 3 is 2.93 bits per heavy atom. The molecule has 3 rings (SSSR count). The number of rotatable bonds is 6. The molecule has 2 aromatic heterocycles. The van der Waals surface area contributed by atoms with E-state index in [0.29, 0.717) is 12.0 Å². The summed E-state index contributed by atoms with van der Waals surface area (Å²) < 4.78 is 2.24. The molecule has 0 spiro atoms. The zero-order valence-corrected chi connectivity index (χ0v) is 17.8. The topological polar surface area (TPSA) is 58.3 Å². The standard InChI is InChI=1S/C20H32N6S/c1-5-17-16(4)27-19(24-17)7-9-23-20(22-6-2)25-11-8-15(3)18(13-25)26-12-10-21-14-26/h10,12,14-15,18H,5-9,11,13H2,1-4H3,(H,22,23). The lowest BCUT2D eigenvalue weighted by Gasteiger charge is -2.39. The maximum Gasteiger partial charge on any atom is 0.193 e. The van der Waals surface area contributed by atoms with Gasteiger partial charge < -0.3 is 14.8 Å². The number of guanidine groups is 1. The fraction of sp³-hybridized carbons (Fsp3) is 0.650. The van der Waals surface area contributed by atoms with Gasteiger partial charge in [-0.05, 0) is 32.6 Å². The summed E-state index contributed by atoms with van der Waals surface area (Å²) in [5, 5.41) is 4.68. The van der Waals surface area contributed by atoms with Crippen molar-refractivity contribution in [1.29, 1.82) is 0 Å². The van der Waals surface area contributed by atoms with Crippen molar-refractivity contribution in [3.8, 4) is 0 Å². The van der Waals surface area contributed by atoms with E-state index in [1.54, 1.807) is 0 Å². The predicted molar refractivity (Wildman–Crippen MR) is 113 cm³/mol. The molecule has 0 saturated carbocycles. The van der Waals surface area contributed by atoms with Gasteiger partial charge in [-0.2, -0.15) is 0 Å². The molecule has 2 atom stereocenters. The number of aliphatic imine (C=N–C) groups is 1. The number of thiazole rings is 1. The number of hydrogen-bond acceptors (Lipinski definition) is 4. The van der Waals surface area contributed by atoms with Gasteiger partial charge in [-0.1, -0.05) is 13.8 Å². The number of piperidine rings is 1. The maximum atomic E-state index is 4.91. The Morgan fingerprint density at radius 2 is 2.26 bits per heavy atom. The molecule has 0 aromatic carbocycles. The summed E-state index contributed by atoms with van der Waals surface area (Å²) in [5.74, 6) is 1.67. The number of imidazole rings is 1. The Labute approximate surface area is 166 Å². The molecule has 7 heteroatoms. The zero-order valence-electron chi connectivity index (χ0n) is 17.0. The minimum absolute atomic E-state index is 0.443. The number of aromatic nitrogens is 3. The van der Waals surface area contributed by atoms with Gasteiger partial charge in [-0.3, -0.25) is 4.99 Å². The lowest BCUT2D eigenvalue weighted by molar-refractivity contribution is 0.189. The van der Waals surface area contributed by atoms with Crippen molar-refractivity contribution in [3.05, 3.63) is 34.3 Å². The Morgan fingerprint density at radius 1 is 1.41 bits per heavy atom. The van der Waals surface area contributed by atoms with Crippen LogP contribution in [0.4, 0.5) is 0 Å². The first kappa shape index (κ1) is 19.9. The van der Waals surface area contributed by atoms with Gasteiger partial charge in [0.1, 0.15) is 0 Å². The molecule has 27 heavy (non-hydrogen) atoms. The monoisotopic (exact) mass is 388 g/mol. The van der Waals surface area contributed by atoms with Crippen LogP contribution in [0.15, 0.2) is 23.7 Å². The summed E-state index contributed by atoms with van der Waals surface area (Å²) in [6.07, 6.45) is 8.96. The summed E-state index contributed by atoms with van der Waals surface area (Å²) in [6.45, 7) is 12.5. The molecule has 0 aliphatic carbocycles. The molecule has 6 nitrogen and oxygen atoms in total. The molecule has 1 N–H and O–H groups in total. The molecule has 0 radical (unpaired) electrons. The second-order valence-electron chi connectivity index (χ2n) is 7.24. The summed E-state index contributed by atoms with van der Waals surface area (Å²) >= 11 is 1.81. The average molecular weight is 389 g/mol. The Kier molecular flexibility index (Phi) is 6.88. The fourth-order valence-electron chi connectivity index (χ4n) is 3.70. The van der Waals surface area contributed by atoms with Gasteiger partial charge >= 0.3 is 0 Å². The van der Waals surface area contributed by atoms with E-state index in [1.165, 1.54) is 22.0 Å². The molecule has 2 unspecified atom stereocenters. The van der Waals surface area contributed by atoms with Crippen LogP contribution in [-0.2, 0) is 12.8 Å². The van der Waals surface area contributed by atoms with Crippen LogP contribution in [0.1, 0.15) is 48.8 Å². The van der Waals surface area contributed by atoms with Crippen LogP contribution in [0, 0.1) is 12.8 Å². The van der Waals surface area contributed by atoms with Crippen LogP contribution in [0.5, 0.6) is 0 Å². The third-order valence-corrected chi connectivity index (χ3v) is 6.39. The van der Waals surface area contributed by atoms with Gasteiger partial charge in [0, 0.05) is 49.9 Å². The molecule has 1 aliphatic rings. The predicted octanol–water partition coefficient (Wildman–Crippen LogP) is 3.30. The molecule has 1 saturated heterocycles. The van der Waals surface area contributed by atoms with Crippen LogP contribution in [0.25, 0.3) is 0 Å². The maximum absolute atomic E-state index is 4.91. The molecule has 3 heterocycles. The van der Waals surface area contributed by atoms with E-state index in [1.807, 2.05) is 23.9 Å². The molecule has 2 aromatic rings. The number of hydrogen-bond donors (Lipinski definition) is 1. The number of nitrogens with one attached hydrogen (secondary N) is 1. The van der Waals surface area contributed by atoms with Crippen molar-refractivity contribution >= 4 is 17.3 Å². The summed E-state index contributed by atoms with van der Waals surface area (Å²) in [5.41, 5.74) is 1.24. The van der Waals surface area contributed by atoms with Crippen molar-refractivity contribution in [3.63, 3.8) is 0 Å². The van der Waals surface area contributed by atoms with E-state index in [9.17, 15) is 0 Å². The number of likely N-dealkylation sites (tertiary alicyclic amines) is 1. The van der Waals surface area contributed by atoms with Crippen LogP contribution in [-0.4, -0.2) is 51.6 Å². The largest absolute Gasteiger partial charge is 0.357 e. The second-order valence-corrected chi connectivity index (χ2v) is 8.53. The Hall–Kier alpha value is -1.89. The van der Waals surface area contributed by atoms with Crippen LogP contribution < -0.4 is 5.32 Å². The van der Waals surface area contributed by atoms with E-state index in [-0.39, 0.29) is 0 Å². The van der Waals surface area contributed by atoms with Crippen molar-refractivity contribution in [2.24, 2.45) is 10.9 Å². The summed E-state index contributed by atoms with van der Waals surface area (Å²) in [6, 6.07) is 0.443. The van der Waals surface area contributed by atoms with Gasteiger partial charge in [0.15, 0.2) is 5.96 Å².